The summed E-state index contributed by atoms with van der Waals surface area (Å²) in [6.45, 7) is 2.12. The molecule has 0 saturated heterocycles. The molecule has 0 bridgehead atoms. The Labute approximate surface area is 133 Å². The van der Waals surface area contributed by atoms with Gasteiger partial charge in [0.2, 0.25) is 0 Å². The molecule has 0 aliphatic heterocycles. The molecule has 1 aromatic rings. The van der Waals surface area contributed by atoms with Crippen molar-refractivity contribution in [3.63, 3.8) is 0 Å². The highest BCUT2D eigenvalue weighted by atomic mass is 19.4. The fourth-order valence-electron chi connectivity index (χ4n) is 2.85. The zero-order valence-electron chi connectivity index (χ0n) is 13.0. The van der Waals surface area contributed by atoms with Gasteiger partial charge in [-0.2, -0.15) is 0 Å². The number of alkyl halides is 3. The SMILES string of the molecule is CC1CCCC(NC(=O)NCc2ccccc2OC(F)(F)F)C1. The number of hydrogen-bond donors (Lipinski definition) is 2. The quantitative estimate of drug-likeness (QED) is 0.878. The number of urea groups is 1. The molecule has 2 amide bonds. The molecule has 1 aliphatic rings. The molecule has 2 rings (SSSR count). The van der Waals surface area contributed by atoms with Crippen LogP contribution in [0.4, 0.5) is 18.0 Å². The monoisotopic (exact) mass is 330 g/mol. The maximum atomic E-state index is 12.3. The Balaban J connectivity index is 1.86. The first-order chi connectivity index (χ1) is 10.8. The van der Waals surface area contributed by atoms with E-state index >= 15 is 0 Å². The van der Waals surface area contributed by atoms with Gasteiger partial charge >= 0.3 is 12.4 Å². The Morgan fingerprint density at radius 3 is 2.74 bits per heavy atom. The van der Waals surface area contributed by atoms with Gasteiger partial charge in [-0.15, -0.1) is 13.2 Å². The van der Waals surface area contributed by atoms with Crippen LogP contribution in [-0.4, -0.2) is 18.4 Å². The normalized spacial score (nSPS) is 21.6. The van der Waals surface area contributed by atoms with Gasteiger partial charge in [0, 0.05) is 18.2 Å². The number of carbonyl (C=O) groups excluding carboxylic acids is 1. The minimum absolute atomic E-state index is 0.0274. The molecule has 23 heavy (non-hydrogen) atoms. The van der Waals surface area contributed by atoms with Crippen LogP contribution >= 0.6 is 0 Å². The fourth-order valence-corrected chi connectivity index (χ4v) is 2.85. The number of nitrogens with one attached hydrogen (secondary N) is 2. The van der Waals surface area contributed by atoms with Gasteiger partial charge in [0.25, 0.3) is 0 Å². The van der Waals surface area contributed by atoms with E-state index in [0.29, 0.717) is 5.92 Å². The largest absolute Gasteiger partial charge is 0.573 e. The number of ether oxygens (including phenoxy) is 1. The number of amides is 2. The summed E-state index contributed by atoms with van der Waals surface area (Å²) >= 11 is 0. The molecule has 128 valence electrons. The molecule has 1 aliphatic carbocycles. The summed E-state index contributed by atoms with van der Waals surface area (Å²) in [5, 5.41) is 5.46. The standard InChI is InChI=1S/C16H21F3N2O2/c1-11-5-4-7-13(9-11)21-15(22)20-10-12-6-2-3-8-14(12)23-16(17,18)19/h2-3,6,8,11,13H,4-5,7,9-10H2,1H3,(H2,20,21,22). The van der Waals surface area contributed by atoms with Crippen molar-refractivity contribution in [2.75, 3.05) is 0 Å². The lowest BCUT2D eigenvalue weighted by Gasteiger charge is -2.27. The van der Waals surface area contributed by atoms with Crippen LogP contribution in [0.5, 0.6) is 5.75 Å². The van der Waals surface area contributed by atoms with E-state index in [0.717, 1.165) is 19.3 Å². The van der Waals surface area contributed by atoms with Crippen molar-refractivity contribution in [3.05, 3.63) is 29.8 Å². The van der Waals surface area contributed by atoms with Crippen molar-refractivity contribution >= 4 is 6.03 Å². The molecule has 4 nitrogen and oxygen atoms in total. The molecule has 0 heterocycles. The molecule has 2 atom stereocenters. The van der Waals surface area contributed by atoms with Gasteiger partial charge in [0.05, 0.1) is 0 Å². The zero-order valence-corrected chi connectivity index (χ0v) is 13.0. The van der Waals surface area contributed by atoms with Crippen LogP contribution in [0, 0.1) is 5.92 Å². The minimum Gasteiger partial charge on any atom is -0.405 e. The lowest BCUT2D eigenvalue weighted by atomic mass is 9.87. The molecule has 0 aromatic heterocycles. The van der Waals surface area contributed by atoms with Gasteiger partial charge in [-0.05, 0) is 24.8 Å². The summed E-state index contributed by atoms with van der Waals surface area (Å²) in [4.78, 5) is 11.9. The van der Waals surface area contributed by atoms with Crippen LogP contribution in [0.15, 0.2) is 24.3 Å². The maximum absolute atomic E-state index is 12.3. The van der Waals surface area contributed by atoms with Gasteiger partial charge in [0.15, 0.2) is 0 Å². The molecular formula is C16H21F3N2O2. The minimum atomic E-state index is -4.75. The topological polar surface area (TPSA) is 50.4 Å². The third-order valence-corrected chi connectivity index (χ3v) is 3.91. The van der Waals surface area contributed by atoms with Crippen LogP contribution in [0.25, 0.3) is 0 Å². The molecule has 0 spiro atoms. The highest BCUT2D eigenvalue weighted by molar-refractivity contribution is 5.74. The second-order valence-corrected chi connectivity index (χ2v) is 5.95. The number of para-hydroxylation sites is 1. The first-order valence-corrected chi connectivity index (χ1v) is 7.71. The highest BCUT2D eigenvalue weighted by Gasteiger charge is 2.32. The predicted octanol–water partition coefficient (Wildman–Crippen LogP) is 3.96. The number of halogens is 3. The first kappa shape index (κ1) is 17.4. The van der Waals surface area contributed by atoms with Crippen LogP contribution in [0.2, 0.25) is 0 Å². The predicted molar refractivity (Wildman–Crippen MR) is 79.9 cm³/mol. The summed E-state index contributed by atoms with van der Waals surface area (Å²) in [5.74, 6) is 0.279. The Hall–Kier alpha value is -1.92. The molecule has 1 aromatic carbocycles. The van der Waals surface area contributed by atoms with Crippen molar-refractivity contribution in [1.82, 2.24) is 10.6 Å². The van der Waals surface area contributed by atoms with E-state index < -0.39 is 6.36 Å². The van der Waals surface area contributed by atoms with Crippen LogP contribution in [0.3, 0.4) is 0 Å². The van der Waals surface area contributed by atoms with Crippen LogP contribution in [-0.2, 0) is 6.54 Å². The Bertz CT molecular complexity index is 534. The summed E-state index contributed by atoms with van der Waals surface area (Å²) in [7, 11) is 0. The smallest absolute Gasteiger partial charge is 0.405 e. The highest BCUT2D eigenvalue weighted by Crippen LogP contribution is 2.26. The molecule has 1 saturated carbocycles. The van der Waals surface area contributed by atoms with E-state index in [4.69, 9.17) is 0 Å². The van der Waals surface area contributed by atoms with Crippen LogP contribution in [0.1, 0.15) is 38.2 Å². The van der Waals surface area contributed by atoms with E-state index in [2.05, 4.69) is 22.3 Å². The van der Waals surface area contributed by atoms with Gasteiger partial charge in [-0.1, -0.05) is 38.0 Å². The summed E-state index contributed by atoms with van der Waals surface area (Å²) in [6, 6.07) is 5.52. The number of rotatable bonds is 4. The van der Waals surface area contributed by atoms with Crippen molar-refractivity contribution in [1.29, 1.82) is 0 Å². The number of hydrogen-bond acceptors (Lipinski definition) is 2. The fraction of sp³-hybridized carbons (Fsp3) is 0.562. The number of carbonyl (C=O) groups is 1. The molecule has 2 N–H and O–H groups in total. The first-order valence-electron chi connectivity index (χ1n) is 7.71. The average Bonchev–Trinajstić information content (AvgIpc) is 2.45. The van der Waals surface area contributed by atoms with E-state index in [-0.39, 0.29) is 29.9 Å². The summed E-state index contributed by atoms with van der Waals surface area (Å²) in [5.41, 5.74) is 0.275. The molecular weight excluding hydrogens is 309 g/mol. The van der Waals surface area contributed by atoms with Crippen molar-refractivity contribution in [3.8, 4) is 5.75 Å². The molecule has 2 unspecified atom stereocenters. The van der Waals surface area contributed by atoms with E-state index in [1.807, 2.05) is 0 Å². The second kappa shape index (κ2) is 7.57. The van der Waals surface area contributed by atoms with Crippen molar-refractivity contribution in [2.45, 2.75) is 51.6 Å². The van der Waals surface area contributed by atoms with Gasteiger partial charge in [0.1, 0.15) is 5.75 Å². The molecule has 7 heteroatoms. The van der Waals surface area contributed by atoms with Crippen molar-refractivity contribution in [2.24, 2.45) is 5.92 Å². The summed E-state index contributed by atoms with van der Waals surface area (Å²) < 4.78 is 41.0. The Kier molecular flexibility index (Phi) is 5.74. The van der Waals surface area contributed by atoms with Crippen molar-refractivity contribution < 1.29 is 22.7 Å². The summed E-state index contributed by atoms with van der Waals surface area (Å²) in [6.07, 6.45) is -0.639. The van der Waals surface area contributed by atoms with E-state index in [1.165, 1.54) is 24.6 Å². The van der Waals surface area contributed by atoms with E-state index in [1.54, 1.807) is 6.07 Å². The third-order valence-electron chi connectivity index (χ3n) is 3.91. The third kappa shape index (κ3) is 6.00. The van der Waals surface area contributed by atoms with E-state index in [9.17, 15) is 18.0 Å². The second-order valence-electron chi connectivity index (χ2n) is 5.95. The number of benzene rings is 1. The van der Waals surface area contributed by atoms with Gasteiger partial charge in [-0.3, -0.25) is 0 Å². The van der Waals surface area contributed by atoms with Gasteiger partial charge < -0.3 is 15.4 Å². The Morgan fingerprint density at radius 1 is 1.30 bits per heavy atom. The molecule has 1 fully saturated rings. The maximum Gasteiger partial charge on any atom is 0.573 e. The lowest BCUT2D eigenvalue weighted by Crippen LogP contribution is -2.43. The van der Waals surface area contributed by atoms with Gasteiger partial charge in [-0.25, -0.2) is 4.79 Å². The average molecular weight is 330 g/mol. The molecule has 0 radical (unpaired) electrons. The lowest BCUT2D eigenvalue weighted by molar-refractivity contribution is -0.274. The zero-order chi connectivity index (χ0) is 16.9. The Morgan fingerprint density at radius 2 is 2.04 bits per heavy atom. The van der Waals surface area contributed by atoms with Crippen LogP contribution < -0.4 is 15.4 Å².